The van der Waals surface area contributed by atoms with E-state index in [1.165, 1.54) is 24.1 Å². The van der Waals surface area contributed by atoms with E-state index in [4.69, 9.17) is 5.11 Å². The molecule has 1 aromatic carbocycles. The van der Waals surface area contributed by atoms with E-state index >= 15 is 0 Å². The topological polar surface area (TPSA) is 74.7 Å². The Morgan fingerprint density at radius 3 is 2.47 bits per heavy atom. The Hall–Kier alpha value is -2.24. The highest BCUT2D eigenvalue weighted by Crippen LogP contribution is 2.11. The number of amides is 1. The molecule has 0 aliphatic heterocycles. The minimum Gasteiger partial charge on any atom is -0.475 e. The summed E-state index contributed by atoms with van der Waals surface area (Å²) in [5.74, 6) is -3.69. The molecule has 0 spiro atoms. The number of halogens is 1. The highest BCUT2D eigenvalue weighted by Gasteiger charge is 2.19. The molecule has 1 amide bonds. The summed E-state index contributed by atoms with van der Waals surface area (Å²) < 4.78 is 13.1. The van der Waals surface area contributed by atoms with Crippen LogP contribution in [0.4, 0.5) is 4.39 Å². The highest BCUT2D eigenvalue weighted by molar-refractivity contribution is 6.36. The lowest BCUT2D eigenvalue weighted by Crippen LogP contribution is -2.30. The molecule has 0 aromatic heterocycles. The first kappa shape index (κ1) is 14.8. The van der Waals surface area contributed by atoms with E-state index in [2.05, 4.69) is 0 Å². The average Bonchev–Trinajstić information content (AvgIpc) is 2.33. The molecule has 0 aliphatic carbocycles. The number of hydrogen-bond acceptors (Lipinski definition) is 3. The number of rotatable bonds is 5. The molecule has 102 valence electrons. The quantitative estimate of drug-likeness (QED) is 0.641. The zero-order chi connectivity index (χ0) is 14.6. The van der Waals surface area contributed by atoms with Crippen LogP contribution in [0, 0.1) is 12.7 Å². The molecule has 19 heavy (non-hydrogen) atoms. The van der Waals surface area contributed by atoms with E-state index in [0.29, 0.717) is 11.1 Å². The summed E-state index contributed by atoms with van der Waals surface area (Å²) in [6.07, 6.45) is -0.675. The molecule has 5 nitrogen and oxygen atoms in total. The Morgan fingerprint density at radius 2 is 1.95 bits per heavy atom. The van der Waals surface area contributed by atoms with Crippen molar-refractivity contribution in [2.24, 2.45) is 0 Å². The largest absolute Gasteiger partial charge is 0.475 e. The lowest BCUT2D eigenvalue weighted by molar-refractivity contribution is -0.151. The van der Waals surface area contributed by atoms with E-state index in [9.17, 15) is 18.8 Å². The maximum absolute atomic E-state index is 13.1. The minimum atomic E-state index is -1.63. The fraction of sp³-hybridized carbons (Fsp3) is 0.308. The molecule has 1 aromatic rings. The number of benzene rings is 1. The van der Waals surface area contributed by atoms with E-state index in [-0.39, 0.29) is 12.4 Å². The van der Waals surface area contributed by atoms with Crippen LogP contribution in [0.1, 0.15) is 17.5 Å². The fourth-order valence-corrected chi connectivity index (χ4v) is 1.52. The van der Waals surface area contributed by atoms with Crippen molar-refractivity contribution in [1.82, 2.24) is 4.90 Å². The Bertz CT molecular complexity index is 527. The smallest absolute Gasteiger partial charge is 0.372 e. The molecule has 0 atom stereocenters. The third kappa shape index (κ3) is 4.17. The highest BCUT2D eigenvalue weighted by atomic mass is 19.1. The standard InChI is InChI=1S/C13H14FNO4/c1-8-5-9(3-4-10(8)14)7-15(2)12(17)6-11(16)13(18)19/h3-5H,6-7H2,1-2H3,(H,18,19). The molecule has 1 N–H and O–H groups in total. The van der Waals surface area contributed by atoms with E-state index < -0.39 is 24.1 Å². The van der Waals surface area contributed by atoms with Gasteiger partial charge in [0.15, 0.2) is 0 Å². The number of aliphatic carboxylic acids is 1. The first-order valence-electron chi connectivity index (χ1n) is 5.56. The maximum atomic E-state index is 13.1. The number of carboxylic acid groups (broad SMARTS) is 1. The van der Waals surface area contributed by atoms with Gasteiger partial charge in [0.2, 0.25) is 11.7 Å². The van der Waals surface area contributed by atoms with Crippen LogP contribution in [-0.2, 0) is 20.9 Å². The van der Waals surface area contributed by atoms with Crippen molar-refractivity contribution < 1.29 is 23.9 Å². The van der Waals surface area contributed by atoms with Gasteiger partial charge in [0, 0.05) is 13.6 Å². The van der Waals surface area contributed by atoms with Crippen LogP contribution < -0.4 is 0 Å². The van der Waals surface area contributed by atoms with Crippen LogP contribution in [-0.4, -0.2) is 34.7 Å². The van der Waals surface area contributed by atoms with Crippen LogP contribution in [0.3, 0.4) is 0 Å². The Kier molecular flexibility index (Phi) is 4.74. The molecule has 0 saturated carbocycles. The number of aryl methyl sites for hydroxylation is 1. The fourth-order valence-electron chi connectivity index (χ4n) is 1.52. The summed E-state index contributed by atoms with van der Waals surface area (Å²) in [6.45, 7) is 1.79. The van der Waals surface area contributed by atoms with Gasteiger partial charge < -0.3 is 10.0 Å². The third-order valence-corrected chi connectivity index (χ3v) is 2.62. The Balaban J connectivity index is 2.66. The van der Waals surface area contributed by atoms with Gasteiger partial charge in [-0.05, 0) is 24.1 Å². The molecule has 0 radical (unpaired) electrons. The minimum absolute atomic E-state index is 0.187. The molecule has 6 heteroatoms. The third-order valence-electron chi connectivity index (χ3n) is 2.62. The van der Waals surface area contributed by atoms with Crippen LogP contribution in [0.5, 0.6) is 0 Å². The van der Waals surface area contributed by atoms with Gasteiger partial charge in [0.25, 0.3) is 0 Å². The number of ketones is 1. The van der Waals surface area contributed by atoms with Crippen molar-refractivity contribution >= 4 is 17.7 Å². The number of carbonyl (C=O) groups excluding carboxylic acids is 2. The van der Waals surface area contributed by atoms with Crippen molar-refractivity contribution in [3.63, 3.8) is 0 Å². The molecule has 0 heterocycles. The first-order chi connectivity index (χ1) is 8.81. The van der Waals surface area contributed by atoms with Gasteiger partial charge in [-0.15, -0.1) is 0 Å². The number of nitrogens with zero attached hydrogens (tertiary/aromatic N) is 1. The number of Topliss-reactive ketones (excluding diaryl/α,β-unsaturated/α-hetero) is 1. The lowest BCUT2D eigenvalue weighted by Gasteiger charge is -2.16. The molecule has 0 bridgehead atoms. The summed E-state index contributed by atoms with van der Waals surface area (Å²) >= 11 is 0. The second-order valence-electron chi connectivity index (χ2n) is 4.24. The van der Waals surface area contributed by atoms with Crippen molar-refractivity contribution in [2.75, 3.05) is 7.05 Å². The van der Waals surface area contributed by atoms with Crippen molar-refractivity contribution in [1.29, 1.82) is 0 Å². The zero-order valence-corrected chi connectivity index (χ0v) is 10.6. The van der Waals surface area contributed by atoms with E-state index in [0.717, 1.165) is 0 Å². The maximum Gasteiger partial charge on any atom is 0.372 e. The van der Waals surface area contributed by atoms with E-state index in [1.54, 1.807) is 13.0 Å². The number of carboxylic acids is 1. The van der Waals surface area contributed by atoms with Gasteiger partial charge in [0.05, 0.1) is 6.42 Å². The SMILES string of the molecule is Cc1cc(CN(C)C(=O)CC(=O)C(=O)O)ccc1F. The van der Waals surface area contributed by atoms with Gasteiger partial charge in [-0.3, -0.25) is 9.59 Å². The van der Waals surface area contributed by atoms with Crippen LogP contribution in [0.25, 0.3) is 0 Å². The number of carbonyl (C=O) groups is 3. The molecular weight excluding hydrogens is 253 g/mol. The summed E-state index contributed by atoms with van der Waals surface area (Å²) in [7, 11) is 1.45. The van der Waals surface area contributed by atoms with Crippen LogP contribution >= 0.6 is 0 Å². The zero-order valence-electron chi connectivity index (χ0n) is 10.6. The molecule has 1 rings (SSSR count). The summed E-state index contributed by atoms with van der Waals surface area (Å²) in [6, 6.07) is 4.43. The van der Waals surface area contributed by atoms with Crippen molar-refractivity contribution in [3.8, 4) is 0 Å². The molecule has 0 aliphatic rings. The molecule has 0 saturated heterocycles. The van der Waals surface area contributed by atoms with Crippen LogP contribution in [0.2, 0.25) is 0 Å². The second kappa shape index (κ2) is 6.08. The Labute approximate surface area is 109 Å². The van der Waals surface area contributed by atoms with Gasteiger partial charge in [0.1, 0.15) is 5.82 Å². The number of hydrogen-bond donors (Lipinski definition) is 1. The van der Waals surface area contributed by atoms with Crippen molar-refractivity contribution in [3.05, 3.63) is 35.1 Å². The molecule has 0 fully saturated rings. The van der Waals surface area contributed by atoms with Gasteiger partial charge in [-0.1, -0.05) is 12.1 Å². The van der Waals surface area contributed by atoms with Crippen molar-refractivity contribution in [2.45, 2.75) is 19.9 Å². The normalized spacial score (nSPS) is 10.1. The summed E-state index contributed by atoms with van der Waals surface area (Å²) in [5.41, 5.74) is 1.16. The second-order valence-corrected chi connectivity index (χ2v) is 4.24. The van der Waals surface area contributed by atoms with Crippen LogP contribution in [0.15, 0.2) is 18.2 Å². The molecular formula is C13H14FNO4. The van der Waals surface area contributed by atoms with Gasteiger partial charge >= 0.3 is 5.97 Å². The Morgan fingerprint density at radius 1 is 1.32 bits per heavy atom. The lowest BCUT2D eigenvalue weighted by atomic mass is 10.1. The predicted octanol–water partition coefficient (Wildman–Crippen LogP) is 1.14. The first-order valence-corrected chi connectivity index (χ1v) is 5.56. The van der Waals surface area contributed by atoms with Gasteiger partial charge in [-0.2, -0.15) is 0 Å². The molecule has 0 unspecified atom stereocenters. The summed E-state index contributed by atoms with van der Waals surface area (Å²) in [5, 5.41) is 8.41. The monoisotopic (exact) mass is 267 g/mol. The van der Waals surface area contributed by atoms with E-state index in [1.807, 2.05) is 0 Å². The van der Waals surface area contributed by atoms with Gasteiger partial charge in [-0.25, -0.2) is 9.18 Å². The summed E-state index contributed by atoms with van der Waals surface area (Å²) in [4.78, 5) is 34.1. The predicted molar refractivity (Wildman–Crippen MR) is 64.9 cm³/mol. The average molecular weight is 267 g/mol.